The van der Waals surface area contributed by atoms with E-state index in [0.29, 0.717) is 11.4 Å². The van der Waals surface area contributed by atoms with Crippen molar-refractivity contribution in [3.05, 3.63) is 23.9 Å². The number of halogens is 1. The maximum Gasteiger partial charge on any atom is 0.253 e. The summed E-state index contributed by atoms with van der Waals surface area (Å²) in [4.78, 5) is 14.9. The fourth-order valence-corrected chi connectivity index (χ4v) is 1.80. The molecule has 0 saturated carbocycles. The third-order valence-corrected chi connectivity index (χ3v) is 2.97. The molecular weight excluding hydrogens is 250 g/mol. The van der Waals surface area contributed by atoms with Crippen molar-refractivity contribution in [2.45, 2.75) is 52.1 Å². The van der Waals surface area contributed by atoms with Gasteiger partial charge < -0.3 is 4.74 Å². The summed E-state index contributed by atoms with van der Waals surface area (Å²) in [7, 11) is 0. The highest BCUT2D eigenvalue weighted by Crippen LogP contribution is 2.14. The van der Waals surface area contributed by atoms with Crippen LogP contribution in [0.15, 0.2) is 18.3 Å². The predicted molar refractivity (Wildman–Crippen MR) is 73.3 cm³/mol. The second-order valence-corrected chi connectivity index (χ2v) is 4.78. The Morgan fingerprint density at radius 2 is 2.17 bits per heavy atom. The molecule has 0 aromatic carbocycles. The fraction of sp³-hybridized carbons (Fsp3) is 0.571. The Kier molecular flexibility index (Phi) is 6.73. The molecule has 0 radical (unpaired) electrons. The predicted octanol–water partition coefficient (Wildman–Crippen LogP) is 4.20. The first-order valence-corrected chi connectivity index (χ1v) is 6.83. The molecule has 1 unspecified atom stereocenters. The molecule has 4 heteroatoms. The molecule has 1 heterocycles. The van der Waals surface area contributed by atoms with Crippen LogP contribution in [0, 0.1) is 0 Å². The molecule has 0 aliphatic carbocycles. The van der Waals surface area contributed by atoms with Crippen LogP contribution >= 0.6 is 11.6 Å². The number of hydrogen-bond donors (Lipinski definition) is 0. The molecule has 1 atom stereocenters. The molecule has 0 N–H and O–H groups in total. The summed E-state index contributed by atoms with van der Waals surface area (Å²) < 4.78 is 5.66. The van der Waals surface area contributed by atoms with Gasteiger partial charge in [0.05, 0.1) is 11.7 Å². The number of pyridine rings is 1. The van der Waals surface area contributed by atoms with Crippen LogP contribution in [0.1, 0.15) is 56.3 Å². The van der Waals surface area contributed by atoms with Crippen molar-refractivity contribution in [2.75, 3.05) is 0 Å². The molecule has 18 heavy (non-hydrogen) atoms. The fourth-order valence-electron chi connectivity index (χ4n) is 1.69. The van der Waals surface area contributed by atoms with Crippen LogP contribution in [-0.4, -0.2) is 16.3 Å². The molecule has 0 aliphatic rings. The summed E-state index contributed by atoms with van der Waals surface area (Å²) in [6, 6.07) is 3.31. The van der Waals surface area contributed by atoms with Crippen molar-refractivity contribution in [1.29, 1.82) is 0 Å². The van der Waals surface area contributed by atoms with Gasteiger partial charge in [-0.2, -0.15) is 0 Å². The Morgan fingerprint density at radius 3 is 2.72 bits per heavy atom. The molecule has 1 aromatic heterocycles. The zero-order valence-electron chi connectivity index (χ0n) is 11.0. The largest absolute Gasteiger partial charge is 0.475 e. The lowest BCUT2D eigenvalue weighted by atomic mass is 10.1. The van der Waals surface area contributed by atoms with Gasteiger partial charge in [-0.25, -0.2) is 4.98 Å². The summed E-state index contributed by atoms with van der Waals surface area (Å²) in [6.45, 7) is 4.23. The maximum absolute atomic E-state index is 10.9. The average molecular weight is 270 g/mol. The third-order valence-electron chi connectivity index (χ3n) is 2.75. The van der Waals surface area contributed by atoms with Gasteiger partial charge in [0, 0.05) is 12.3 Å². The SMILES string of the molecule is CCCCCCC(C)Oc1ccc(C(=O)Cl)cn1. The van der Waals surface area contributed by atoms with Crippen molar-refractivity contribution in [2.24, 2.45) is 0 Å². The highest BCUT2D eigenvalue weighted by Gasteiger charge is 2.06. The van der Waals surface area contributed by atoms with Gasteiger partial charge in [-0.3, -0.25) is 4.79 Å². The summed E-state index contributed by atoms with van der Waals surface area (Å²) in [5, 5.41) is -0.498. The average Bonchev–Trinajstić information content (AvgIpc) is 2.35. The number of unbranched alkanes of at least 4 members (excludes halogenated alkanes) is 3. The third kappa shape index (κ3) is 5.50. The van der Waals surface area contributed by atoms with Gasteiger partial charge in [0.15, 0.2) is 0 Å². The minimum Gasteiger partial charge on any atom is -0.475 e. The zero-order chi connectivity index (χ0) is 13.4. The second-order valence-electron chi connectivity index (χ2n) is 4.44. The van der Waals surface area contributed by atoms with Crippen LogP contribution in [0.5, 0.6) is 5.88 Å². The first-order valence-electron chi connectivity index (χ1n) is 6.46. The van der Waals surface area contributed by atoms with E-state index < -0.39 is 5.24 Å². The van der Waals surface area contributed by atoms with E-state index in [1.54, 1.807) is 12.1 Å². The summed E-state index contributed by atoms with van der Waals surface area (Å²) in [5.74, 6) is 0.541. The van der Waals surface area contributed by atoms with Gasteiger partial charge in [-0.05, 0) is 37.4 Å². The van der Waals surface area contributed by atoms with E-state index in [4.69, 9.17) is 16.3 Å². The smallest absolute Gasteiger partial charge is 0.253 e. The Morgan fingerprint density at radius 1 is 1.39 bits per heavy atom. The topological polar surface area (TPSA) is 39.2 Å². The Bertz CT molecular complexity index is 365. The molecule has 0 spiro atoms. The molecule has 1 rings (SSSR count). The minimum atomic E-state index is -0.498. The van der Waals surface area contributed by atoms with Gasteiger partial charge >= 0.3 is 0 Å². The molecule has 3 nitrogen and oxygen atoms in total. The number of ether oxygens (including phenoxy) is 1. The summed E-state index contributed by atoms with van der Waals surface area (Å²) in [6.07, 6.45) is 7.55. The number of hydrogen-bond acceptors (Lipinski definition) is 3. The summed E-state index contributed by atoms with van der Waals surface area (Å²) in [5.41, 5.74) is 0.389. The minimum absolute atomic E-state index is 0.145. The van der Waals surface area contributed by atoms with Crippen molar-refractivity contribution < 1.29 is 9.53 Å². The Balaban J connectivity index is 2.35. The second kappa shape index (κ2) is 8.09. The molecule has 100 valence electrons. The van der Waals surface area contributed by atoms with Crippen LogP contribution in [-0.2, 0) is 0 Å². The van der Waals surface area contributed by atoms with Crippen LogP contribution in [0.25, 0.3) is 0 Å². The Hall–Kier alpha value is -1.09. The van der Waals surface area contributed by atoms with Crippen LogP contribution < -0.4 is 4.74 Å². The van der Waals surface area contributed by atoms with E-state index in [2.05, 4.69) is 11.9 Å². The molecule has 0 fully saturated rings. The van der Waals surface area contributed by atoms with Crippen LogP contribution in [0.4, 0.5) is 0 Å². The lowest BCUT2D eigenvalue weighted by Gasteiger charge is -2.13. The first kappa shape index (κ1) is 15.0. The first-order chi connectivity index (χ1) is 8.63. The van der Waals surface area contributed by atoms with Gasteiger partial charge in [0.25, 0.3) is 5.24 Å². The summed E-state index contributed by atoms with van der Waals surface area (Å²) >= 11 is 5.34. The van der Waals surface area contributed by atoms with E-state index in [1.165, 1.54) is 31.9 Å². The van der Waals surface area contributed by atoms with Crippen LogP contribution in [0.3, 0.4) is 0 Å². The van der Waals surface area contributed by atoms with Crippen molar-refractivity contribution in [3.63, 3.8) is 0 Å². The lowest BCUT2D eigenvalue weighted by molar-refractivity contribution is 0.108. The molecule has 0 bridgehead atoms. The number of rotatable bonds is 8. The zero-order valence-corrected chi connectivity index (χ0v) is 11.7. The molecule has 0 aliphatic heterocycles. The maximum atomic E-state index is 10.9. The Labute approximate surface area is 114 Å². The molecule has 1 aromatic rings. The van der Waals surface area contributed by atoms with Gasteiger partial charge in [0.2, 0.25) is 5.88 Å². The van der Waals surface area contributed by atoms with Crippen molar-refractivity contribution in [3.8, 4) is 5.88 Å². The van der Waals surface area contributed by atoms with Crippen molar-refractivity contribution >= 4 is 16.8 Å². The normalized spacial score (nSPS) is 12.2. The highest BCUT2D eigenvalue weighted by molar-refractivity contribution is 6.67. The molecular formula is C14H20ClNO2. The van der Waals surface area contributed by atoms with E-state index >= 15 is 0 Å². The monoisotopic (exact) mass is 269 g/mol. The van der Waals surface area contributed by atoms with E-state index in [9.17, 15) is 4.79 Å². The van der Waals surface area contributed by atoms with Crippen molar-refractivity contribution in [1.82, 2.24) is 4.98 Å². The molecule has 0 saturated heterocycles. The lowest BCUT2D eigenvalue weighted by Crippen LogP contribution is -2.12. The van der Waals surface area contributed by atoms with Gasteiger partial charge in [-0.1, -0.05) is 26.2 Å². The van der Waals surface area contributed by atoms with Crippen LogP contribution in [0.2, 0.25) is 0 Å². The number of carbonyl (C=O) groups excluding carboxylic acids is 1. The highest BCUT2D eigenvalue weighted by atomic mass is 35.5. The molecule has 0 amide bonds. The van der Waals surface area contributed by atoms with E-state index in [1.807, 2.05) is 6.92 Å². The van der Waals surface area contributed by atoms with E-state index in [-0.39, 0.29) is 6.10 Å². The quantitative estimate of drug-likeness (QED) is 0.524. The van der Waals surface area contributed by atoms with Gasteiger partial charge in [-0.15, -0.1) is 0 Å². The standard InChI is InChI=1S/C14H20ClNO2/c1-3-4-5-6-7-11(2)18-13-9-8-12(10-16-13)14(15)17/h8-11H,3-7H2,1-2H3. The number of nitrogens with zero attached hydrogens (tertiary/aromatic N) is 1. The van der Waals surface area contributed by atoms with Gasteiger partial charge in [0.1, 0.15) is 0 Å². The van der Waals surface area contributed by atoms with E-state index in [0.717, 1.165) is 6.42 Å². The number of aromatic nitrogens is 1. The number of carbonyl (C=O) groups is 1.